The molecule has 64 heavy (non-hydrogen) atoms. The van der Waals surface area contributed by atoms with Crippen molar-refractivity contribution in [2.24, 2.45) is 30.4 Å². The normalized spacial score (nSPS) is 14.8. The molecule has 0 saturated heterocycles. The molecule has 2 aromatic heterocycles. The van der Waals surface area contributed by atoms with Gasteiger partial charge >= 0.3 is 20.2 Å². The molecule has 0 saturated carbocycles. The summed E-state index contributed by atoms with van der Waals surface area (Å²) in [6, 6.07) is 12.6. The van der Waals surface area contributed by atoms with Crippen molar-refractivity contribution in [2.45, 2.75) is 48.5 Å². The van der Waals surface area contributed by atoms with Crippen LogP contribution in [0.5, 0.6) is 11.5 Å². The SMILES string of the molecule is CCN(CC)c1cc(NC2=NC3=CCC(=N2)CCCOCN(CC)c2cc(c(N=Nc4sc(S(=O)(=O)O)cc4C#N)cc2OC)N3)c(N=Nc2sc(S(=O)(=O)O)cc2C#N)cc1OC. The molecule has 0 amide bonds. The van der Waals surface area contributed by atoms with E-state index in [0.29, 0.717) is 108 Å². The topological polar surface area (TPSA) is 289 Å². The number of azo groups is 2. The second kappa shape index (κ2) is 20.5. The lowest BCUT2D eigenvalue weighted by Crippen LogP contribution is -2.26. The summed E-state index contributed by atoms with van der Waals surface area (Å²) in [5.41, 5.74) is 3.08. The van der Waals surface area contributed by atoms with Gasteiger partial charge in [0, 0.05) is 50.5 Å². The molecule has 21 nitrogen and oxygen atoms in total. The molecule has 0 fully saturated rings. The minimum atomic E-state index is -4.62. The lowest BCUT2D eigenvalue weighted by molar-refractivity contribution is 0.133. The van der Waals surface area contributed by atoms with Crippen LogP contribution in [0.4, 0.5) is 44.1 Å². The molecular weight excluding hydrogens is 909 g/mol. The highest BCUT2D eigenvalue weighted by molar-refractivity contribution is 7.88. The van der Waals surface area contributed by atoms with E-state index in [2.05, 4.69) is 36.0 Å². The van der Waals surface area contributed by atoms with Crippen LogP contribution in [0.15, 0.2) is 87.2 Å². The fraction of sp³-hybridized carbons (Fsp3) is 0.333. The lowest BCUT2D eigenvalue weighted by Gasteiger charge is -2.26. The van der Waals surface area contributed by atoms with Gasteiger partial charge in [0.1, 0.15) is 56.0 Å². The minimum absolute atomic E-state index is 0.0515. The van der Waals surface area contributed by atoms with Crippen molar-refractivity contribution >= 4 is 98.7 Å². The van der Waals surface area contributed by atoms with Gasteiger partial charge in [-0.15, -0.1) is 20.5 Å². The van der Waals surface area contributed by atoms with Crippen LogP contribution in [0.3, 0.4) is 0 Å². The predicted molar refractivity (Wildman–Crippen MR) is 243 cm³/mol. The molecule has 25 heteroatoms. The van der Waals surface area contributed by atoms with Crippen LogP contribution in [-0.4, -0.2) is 84.8 Å². The number of anilines is 4. The van der Waals surface area contributed by atoms with Gasteiger partial charge < -0.3 is 34.6 Å². The third-order valence-corrected chi connectivity index (χ3v) is 14.2. The Labute approximate surface area is 377 Å². The van der Waals surface area contributed by atoms with Gasteiger partial charge in [0.15, 0.2) is 10.0 Å². The zero-order chi connectivity index (χ0) is 46.2. The Morgan fingerprint density at radius 3 is 2.05 bits per heavy atom. The smallest absolute Gasteiger partial charge is 0.304 e. The van der Waals surface area contributed by atoms with Gasteiger partial charge in [0.05, 0.1) is 48.1 Å². The van der Waals surface area contributed by atoms with E-state index in [-0.39, 0.29) is 45.2 Å². The van der Waals surface area contributed by atoms with Crippen molar-refractivity contribution in [2.75, 3.05) is 67.6 Å². The number of methoxy groups -OCH3 is 2. The molecule has 0 unspecified atom stereocenters. The van der Waals surface area contributed by atoms with Crippen molar-refractivity contribution in [3.63, 3.8) is 0 Å². The average Bonchev–Trinajstić information content (AvgIpc) is 3.85. The summed E-state index contributed by atoms with van der Waals surface area (Å²) in [5.74, 6) is 1.34. The quantitative estimate of drug-likeness (QED) is 0.0718. The number of fused-ring (bicyclic) bond motifs is 4. The Hall–Kier alpha value is -6.32. The van der Waals surface area contributed by atoms with Crippen LogP contribution in [0.25, 0.3) is 0 Å². The molecule has 0 spiro atoms. The van der Waals surface area contributed by atoms with E-state index < -0.39 is 28.7 Å². The van der Waals surface area contributed by atoms with Gasteiger partial charge in [0.2, 0.25) is 5.96 Å². The molecule has 6 rings (SSSR count). The van der Waals surface area contributed by atoms with Crippen LogP contribution in [0.1, 0.15) is 51.2 Å². The molecule has 4 aromatic rings. The van der Waals surface area contributed by atoms with E-state index in [0.717, 1.165) is 17.8 Å². The summed E-state index contributed by atoms with van der Waals surface area (Å²) in [6.07, 6.45) is 3.40. The van der Waals surface area contributed by atoms with Gasteiger partial charge in [-0.3, -0.25) is 9.11 Å². The molecule has 0 aliphatic carbocycles. The molecule has 2 aromatic carbocycles. The number of ether oxygens (including phenoxy) is 3. The number of nitriles is 2. The van der Waals surface area contributed by atoms with Crippen molar-refractivity contribution in [3.8, 4) is 23.6 Å². The molecule has 4 heterocycles. The first kappa shape index (κ1) is 47.2. The zero-order valence-corrected chi connectivity index (χ0v) is 38.3. The van der Waals surface area contributed by atoms with Gasteiger partial charge in [-0.25, -0.2) is 4.99 Å². The fourth-order valence-corrected chi connectivity index (χ4v) is 9.55. The van der Waals surface area contributed by atoms with Gasteiger partial charge in [-0.05, 0) is 64.0 Å². The maximum Gasteiger partial charge on any atom is 0.304 e. The summed E-state index contributed by atoms with van der Waals surface area (Å²) in [5, 5.41) is 43.2. The maximum absolute atomic E-state index is 11.9. The van der Waals surface area contributed by atoms with E-state index >= 15 is 0 Å². The third-order valence-electron chi connectivity index (χ3n) is 9.58. The first-order valence-electron chi connectivity index (χ1n) is 19.4. The number of allylic oxidation sites excluding steroid dienone is 1. The number of aliphatic imine (C=N–C) groups is 2. The van der Waals surface area contributed by atoms with Crippen molar-refractivity contribution in [1.82, 2.24) is 0 Å². The number of thiophene rings is 2. The van der Waals surface area contributed by atoms with E-state index in [9.17, 15) is 36.5 Å². The molecule has 0 radical (unpaired) electrons. The number of rotatable bonds is 13. The highest BCUT2D eigenvalue weighted by Gasteiger charge is 2.23. The van der Waals surface area contributed by atoms with Crippen molar-refractivity contribution in [1.29, 1.82) is 10.5 Å². The number of benzene rings is 2. The monoisotopic (exact) mass is 950 g/mol. The number of guanidine groups is 1. The lowest BCUT2D eigenvalue weighted by atomic mass is 10.1. The third kappa shape index (κ3) is 11.1. The number of nitrogens with zero attached hydrogens (tertiary/aromatic N) is 10. The molecule has 2 aliphatic heterocycles. The number of hydrogen-bond acceptors (Lipinski definition) is 21. The highest BCUT2D eigenvalue weighted by Crippen LogP contribution is 2.43. The van der Waals surface area contributed by atoms with Crippen LogP contribution < -0.4 is 29.9 Å². The Kier molecular flexibility index (Phi) is 15.1. The largest absolute Gasteiger partial charge is 0.494 e. The van der Waals surface area contributed by atoms with Gasteiger partial charge in [-0.2, -0.15) is 32.4 Å². The summed E-state index contributed by atoms with van der Waals surface area (Å²) in [4.78, 5) is 13.9. The van der Waals surface area contributed by atoms with E-state index in [4.69, 9.17) is 24.2 Å². The van der Waals surface area contributed by atoms with Crippen molar-refractivity contribution in [3.05, 3.63) is 59.4 Å². The van der Waals surface area contributed by atoms with Crippen molar-refractivity contribution < 1.29 is 40.2 Å². The molecule has 2 aliphatic rings. The molecule has 336 valence electrons. The molecule has 4 bridgehead atoms. The standard InChI is InChI=1S/C39H42N12O9S4/c1-6-50(7-2)30-17-27(29(19-32(30)58-4)47-49-38-24(21-41)15-36(62-38)64(55,56)57)44-39-42-25-10-9-13-60-22-51(8-3)31-16-26(43-34(45-39)12-11-25)28(18-33(31)59-5)46-48-37-23(20-40)14-35(61-37)63(52,53)54/h12,14-19,43H,6-11,13,22H2,1-5H3,(H,44,45)(H,52,53,54)(H,55,56,57). The van der Waals surface area contributed by atoms with Crippen LogP contribution >= 0.6 is 22.7 Å². The van der Waals surface area contributed by atoms with E-state index in [1.54, 1.807) is 24.3 Å². The van der Waals surface area contributed by atoms with E-state index in [1.165, 1.54) is 14.2 Å². The second-order valence-electron chi connectivity index (χ2n) is 13.6. The highest BCUT2D eigenvalue weighted by atomic mass is 32.3. The number of hydrogen-bond donors (Lipinski definition) is 4. The van der Waals surface area contributed by atoms with Crippen LogP contribution in [-0.2, 0) is 25.0 Å². The number of nitrogens with one attached hydrogen (secondary N) is 2. The Bertz CT molecular complexity index is 2890. The summed E-state index contributed by atoms with van der Waals surface area (Å²) < 4.78 is 83.5. The summed E-state index contributed by atoms with van der Waals surface area (Å²) in [7, 11) is -6.22. The van der Waals surface area contributed by atoms with Gasteiger partial charge in [0.25, 0.3) is 0 Å². The second-order valence-corrected chi connectivity index (χ2v) is 18.9. The summed E-state index contributed by atoms with van der Waals surface area (Å²) in [6.45, 7) is 8.37. The molecule has 4 N–H and O–H groups in total. The van der Waals surface area contributed by atoms with Crippen LogP contribution in [0.2, 0.25) is 0 Å². The Morgan fingerprint density at radius 1 is 0.875 bits per heavy atom. The van der Waals surface area contributed by atoms with Crippen LogP contribution in [0, 0.1) is 22.7 Å². The first-order chi connectivity index (χ1) is 30.6. The minimum Gasteiger partial charge on any atom is -0.494 e. The fourth-order valence-electron chi connectivity index (χ4n) is 6.38. The first-order valence-corrected chi connectivity index (χ1v) is 23.9. The Balaban J connectivity index is 1.48. The van der Waals surface area contributed by atoms with Gasteiger partial charge in [-0.1, -0.05) is 22.7 Å². The summed E-state index contributed by atoms with van der Waals surface area (Å²) >= 11 is 1.16. The Morgan fingerprint density at radius 2 is 1.48 bits per heavy atom. The zero-order valence-electron chi connectivity index (χ0n) is 35.1. The average molecular weight is 951 g/mol. The predicted octanol–water partition coefficient (Wildman–Crippen LogP) is 8.90. The van der Waals surface area contributed by atoms with E-state index in [1.807, 2.05) is 43.9 Å². The molecule has 0 atom stereocenters. The maximum atomic E-state index is 11.9. The molecular formula is C39H42N12O9S4.